The molecule has 0 unspecified atom stereocenters. The predicted molar refractivity (Wildman–Crippen MR) is 77.0 cm³/mol. The van der Waals surface area contributed by atoms with Gasteiger partial charge in [0.2, 0.25) is 0 Å². The lowest BCUT2D eigenvalue weighted by Gasteiger charge is -2.09. The molecule has 1 aromatic carbocycles. The summed E-state index contributed by atoms with van der Waals surface area (Å²) in [6, 6.07) is 15.6. The molecule has 0 radical (unpaired) electrons. The molecule has 0 bridgehead atoms. The van der Waals surface area contributed by atoms with Crippen LogP contribution in [-0.4, -0.2) is 4.98 Å². The summed E-state index contributed by atoms with van der Waals surface area (Å²) in [7, 11) is 0. The Labute approximate surface area is 117 Å². The van der Waals surface area contributed by atoms with E-state index in [-0.39, 0.29) is 5.75 Å². The average Bonchev–Trinajstić information content (AvgIpc) is 2.50. The zero-order valence-corrected chi connectivity index (χ0v) is 11.2. The molecule has 2 heterocycles. The van der Waals surface area contributed by atoms with Gasteiger partial charge in [-0.25, -0.2) is 4.40 Å². The summed E-state index contributed by atoms with van der Waals surface area (Å²) < 4.78 is 1.81. The highest BCUT2D eigenvalue weighted by molar-refractivity contribution is 5.71. The van der Waals surface area contributed by atoms with E-state index in [1.807, 2.05) is 72.1 Å². The lowest BCUT2D eigenvalue weighted by atomic mass is 10.2. The molecule has 2 aromatic heterocycles. The van der Waals surface area contributed by atoms with Crippen molar-refractivity contribution in [2.45, 2.75) is 6.92 Å². The summed E-state index contributed by atoms with van der Waals surface area (Å²) in [4.78, 5) is 4.41. The SMILES string of the molecule is Cc1c([O-])c(/C=C/c2ccccc2)nc2cccc[n+]12. The summed E-state index contributed by atoms with van der Waals surface area (Å²) in [5.41, 5.74) is 2.96. The van der Waals surface area contributed by atoms with Gasteiger partial charge in [-0.1, -0.05) is 42.5 Å². The van der Waals surface area contributed by atoms with Crippen molar-refractivity contribution in [1.82, 2.24) is 4.98 Å². The van der Waals surface area contributed by atoms with Gasteiger partial charge in [0, 0.05) is 6.07 Å². The lowest BCUT2D eigenvalue weighted by molar-refractivity contribution is -0.528. The van der Waals surface area contributed by atoms with Crippen molar-refractivity contribution in [1.29, 1.82) is 0 Å². The van der Waals surface area contributed by atoms with E-state index < -0.39 is 0 Å². The number of hydrogen-bond donors (Lipinski definition) is 0. The highest BCUT2D eigenvalue weighted by Crippen LogP contribution is 2.17. The van der Waals surface area contributed by atoms with Gasteiger partial charge in [-0.15, -0.1) is 0 Å². The molecule has 0 fully saturated rings. The normalized spacial score (nSPS) is 11.2. The fourth-order valence-corrected chi connectivity index (χ4v) is 2.13. The molecule has 3 aromatic rings. The molecule has 0 aliphatic rings. The number of fused-ring (bicyclic) bond motifs is 1. The quantitative estimate of drug-likeness (QED) is 0.665. The Kier molecular flexibility index (Phi) is 3.17. The number of aryl methyl sites for hydroxylation is 1. The zero-order chi connectivity index (χ0) is 13.9. The highest BCUT2D eigenvalue weighted by atomic mass is 16.3. The van der Waals surface area contributed by atoms with Crippen LogP contribution in [0.2, 0.25) is 0 Å². The highest BCUT2D eigenvalue weighted by Gasteiger charge is 2.10. The zero-order valence-electron chi connectivity index (χ0n) is 11.2. The molecule has 0 saturated heterocycles. The van der Waals surface area contributed by atoms with Crippen LogP contribution in [0.3, 0.4) is 0 Å². The summed E-state index contributed by atoms with van der Waals surface area (Å²) >= 11 is 0. The molecule has 20 heavy (non-hydrogen) atoms. The number of aromatic nitrogens is 2. The second-order valence-electron chi connectivity index (χ2n) is 4.58. The minimum Gasteiger partial charge on any atom is -0.867 e. The summed E-state index contributed by atoms with van der Waals surface area (Å²) in [6.07, 6.45) is 5.53. The summed E-state index contributed by atoms with van der Waals surface area (Å²) in [5, 5.41) is 12.3. The van der Waals surface area contributed by atoms with Gasteiger partial charge in [-0.2, -0.15) is 0 Å². The van der Waals surface area contributed by atoms with Crippen LogP contribution in [0, 0.1) is 6.92 Å². The van der Waals surface area contributed by atoms with Gasteiger partial charge in [0.05, 0.1) is 6.20 Å². The van der Waals surface area contributed by atoms with Crippen molar-refractivity contribution in [3.63, 3.8) is 0 Å². The van der Waals surface area contributed by atoms with E-state index >= 15 is 0 Å². The molecule has 0 amide bonds. The Morgan fingerprint density at radius 3 is 2.55 bits per heavy atom. The van der Waals surface area contributed by atoms with Crippen LogP contribution < -0.4 is 9.51 Å². The largest absolute Gasteiger partial charge is 0.867 e. The monoisotopic (exact) mass is 262 g/mol. The minimum atomic E-state index is -0.0409. The van der Waals surface area contributed by atoms with Gasteiger partial charge in [0.25, 0.3) is 0 Å². The van der Waals surface area contributed by atoms with E-state index in [1.165, 1.54) is 0 Å². The Bertz CT molecular complexity index is 780. The van der Waals surface area contributed by atoms with Crippen LogP contribution in [0.5, 0.6) is 5.75 Å². The molecule has 0 N–H and O–H groups in total. The number of benzene rings is 1. The topological polar surface area (TPSA) is 40.1 Å². The fourth-order valence-electron chi connectivity index (χ4n) is 2.13. The van der Waals surface area contributed by atoms with E-state index in [0.29, 0.717) is 11.4 Å². The van der Waals surface area contributed by atoms with Gasteiger partial charge < -0.3 is 5.11 Å². The molecule has 0 aliphatic heterocycles. The van der Waals surface area contributed by atoms with Crippen molar-refractivity contribution in [3.8, 4) is 5.75 Å². The Balaban J connectivity index is 2.08. The average molecular weight is 262 g/mol. The first-order valence-corrected chi connectivity index (χ1v) is 6.47. The maximum Gasteiger partial charge on any atom is 0.328 e. The number of hydrogen-bond acceptors (Lipinski definition) is 2. The van der Waals surface area contributed by atoms with Gasteiger partial charge in [-0.05, 0) is 35.4 Å². The van der Waals surface area contributed by atoms with E-state index in [2.05, 4.69) is 4.98 Å². The second-order valence-corrected chi connectivity index (χ2v) is 4.58. The van der Waals surface area contributed by atoms with E-state index in [4.69, 9.17) is 0 Å². The van der Waals surface area contributed by atoms with Crippen LogP contribution in [0.15, 0.2) is 54.7 Å². The van der Waals surface area contributed by atoms with Crippen LogP contribution in [0.25, 0.3) is 17.8 Å². The third-order valence-corrected chi connectivity index (χ3v) is 3.23. The third kappa shape index (κ3) is 2.26. The molecule has 98 valence electrons. The van der Waals surface area contributed by atoms with Crippen LogP contribution in [0.4, 0.5) is 0 Å². The summed E-state index contributed by atoms with van der Waals surface area (Å²) in [6.45, 7) is 1.82. The molecule has 0 aliphatic carbocycles. The molecular weight excluding hydrogens is 248 g/mol. The first-order valence-electron chi connectivity index (χ1n) is 6.47. The van der Waals surface area contributed by atoms with Crippen LogP contribution in [0.1, 0.15) is 17.0 Å². The van der Waals surface area contributed by atoms with Gasteiger partial charge in [-0.3, -0.25) is 0 Å². The molecule has 3 heteroatoms. The van der Waals surface area contributed by atoms with E-state index in [0.717, 1.165) is 11.2 Å². The van der Waals surface area contributed by atoms with Gasteiger partial charge in [0.1, 0.15) is 5.69 Å². The van der Waals surface area contributed by atoms with Gasteiger partial charge >= 0.3 is 5.65 Å². The standard InChI is InChI=1S/C17H14N2O/c1-13-17(20)15(11-10-14-7-3-2-4-8-14)18-16-9-5-6-12-19(13)16/h2-12H,1H3/b11-10+. The minimum absolute atomic E-state index is 0.0409. The Morgan fingerprint density at radius 2 is 1.75 bits per heavy atom. The maximum atomic E-state index is 12.3. The molecule has 0 spiro atoms. The predicted octanol–water partition coefficient (Wildman–Crippen LogP) is 2.37. The van der Waals surface area contributed by atoms with Crippen LogP contribution >= 0.6 is 0 Å². The Hall–Kier alpha value is -2.68. The van der Waals surface area contributed by atoms with Crippen molar-refractivity contribution >= 4 is 17.8 Å². The van der Waals surface area contributed by atoms with Crippen molar-refractivity contribution in [2.75, 3.05) is 0 Å². The van der Waals surface area contributed by atoms with E-state index in [1.54, 1.807) is 6.08 Å². The second kappa shape index (κ2) is 5.13. The van der Waals surface area contributed by atoms with Crippen LogP contribution in [-0.2, 0) is 0 Å². The fraction of sp³-hybridized carbons (Fsp3) is 0.0588. The van der Waals surface area contributed by atoms with Crippen molar-refractivity contribution in [3.05, 3.63) is 71.7 Å². The molecule has 3 nitrogen and oxygen atoms in total. The Morgan fingerprint density at radius 1 is 1.00 bits per heavy atom. The third-order valence-electron chi connectivity index (χ3n) is 3.23. The van der Waals surface area contributed by atoms with Crippen molar-refractivity contribution in [2.24, 2.45) is 0 Å². The molecule has 0 saturated carbocycles. The van der Waals surface area contributed by atoms with Gasteiger partial charge in [0.15, 0.2) is 5.69 Å². The molecular formula is C17H14N2O. The first kappa shape index (κ1) is 12.4. The van der Waals surface area contributed by atoms with Crippen molar-refractivity contribution < 1.29 is 9.51 Å². The summed E-state index contributed by atoms with van der Waals surface area (Å²) in [5.74, 6) is -0.0409. The maximum absolute atomic E-state index is 12.3. The molecule has 3 rings (SSSR count). The molecule has 0 atom stereocenters. The number of rotatable bonds is 2. The number of pyridine rings is 1. The first-order chi connectivity index (χ1) is 9.75. The van der Waals surface area contributed by atoms with E-state index in [9.17, 15) is 5.11 Å². The smallest absolute Gasteiger partial charge is 0.328 e. The number of nitrogens with zero attached hydrogens (tertiary/aromatic N) is 2. The lowest BCUT2D eigenvalue weighted by Crippen LogP contribution is -2.28.